The molecule has 3 aromatic carbocycles. The summed E-state index contributed by atoms with van der Waals surface area (Å²) >= 11 is 0. The third-order valence-electron chi connectivity index (χ3n) is 9.13. The molecule has 2 unspecified atom stereocenters. The molecule has 5 rings (SSSR count). The third-order valence-corrected chi connectivity index (χ3v) is 9.13. The normalized spacial score (nSPS) is 17.1. The molecule has 1 fully saturated rings. The summed E-state index contributed by atoms with van der Waals surface area (Å²) in [6.07, 6.45) is 4.50. The number of carbonyl (C=O) groups excluding carboxylic acids is 2. The Labute approximate surface area is 263 Å². The van der Waals surface area contributed by atoms with Gasteiger partial charge in [-0.1, -0.05) is 61.5 Å². The highest BCUT2D eigenvalue weighted by Crippen LogP contribution is 2.44. The van der Waals surface area contributed by atoms with E-state index < -0.39 is 23.6 Å². The fraction of sp³-hybridized carbons (Fsp3) is 0.389. The molecule has 2 amide bonds. The summed E-state index contributed by atoms with van der Waals surface area (Å²) in [7, 11) is 1.30. The fourth-order valence-corrected chi connectivity index (χ4v) is 6.73. The van der Waals surface area contributed by atoms with Crippen molar-refractivity contribution in [3.05, 3.63) is 95.4 Å². The van der Waals surface area contributed by atoms with E-state index in [9.17, 15) is 14.7 Å². The Morgan fingerprint density at radius 2 is 1.98 bits per heavy atom. The average molecular weight is 615 g/mol. The molecule has 45 heavy (non-hydrogen) atoms. The molecule has 3 atom stereocenters. The number of aromatic amines is 1. The number of hydrogen-bond acceptors (Lipinski definition) is 5. The Balaban J connectivity index is 1.44. The lowest BCUT2D eigenvalue weighted by Crippen LogP contribution is -2.52. The molecule has 5 N–H and O–H groups in total. The van der Waals surface area contributed by atoms with Crippen LogP contribution in [0.1, 0.15) is 49.3 Å². The van der Waals surface area contributed by atoms with Crippen molar-refractivity contribution in [2.24, 2.45) is 11.7 Å². The van der Waals surface area contributed by atoms with Gasteiger partial charge in [-0.15, -0.1) is 0 Å². The number of H-pyrrole nitrogens is 1. The monoisotopic (exact) mass is 614 g/mol. The van der Waals surface area contributed by atoms with Crippen molar-refractivity contribution in [2.75, 3.05) is 26.7 Å². The first-order valence-corrected chi connectivity index (χ1v) is 15.8. The van der Waals surface area contributed by atoms with E-state index in [2.05, 4.69) is 10.3 Å². The van der Waals surface area contributed by atoms with E-state index in [1.54, 1.807) is 17.0 Å². The van der Waals surface area contributed by atoms with Crippen LogP contribution in [-0.4, -0.2) is 59.8 Å². The summed E-state index contributed by atoms with van der Waals surface area (Å²) in [5, 5.41) is 16.4. The van der Waals surface area contributed by atoms with Crippen LogP contribution >= 0.6 is 0 Å². The van der Waals surface area contributed by atoms with E-state index in [0.29, 0.717) is 48.9 Å². The highest BCUT2D eigenvalue weighted by Gasteiger charge is 2.43. The Morgan fingerprint density at radius 3 is 2.78 bits per heavy atom. The lowest BCUT2D eigenvalue weighted by atomic mass is 9.72. The zero-order valence-electron chi connectivity index (χ0n) is 26.0. The second-order valence-corrected chi connectivity index (χ2v) is 12.0. The molecular weight excluding hydrogens is 571 g/mol. The number of nitrogens with zero attached hydrogens (tertiary/aromatic N) is 1. The zero-order chi connectivity index (χ0) is 32.0. The number of likely N-dealkylation sites (tertiary alicyclic amines) is 1. The highest BCUT2D eigenvalue weighted by atomic mass is 19.1. The minimum atomic E-state index is -1.49. The first-order chi connectivity index (χ1) is 21.7. The van der Waals surface area contributed by atoms with Gasteiger partial charge >= 0.3 is 6.09 Å². The second kappa shape index (κ2) is 14.3. The summed E-state index contributed by atoms with van der Waals surface area (Å²) in [6, 6.07) is 19.7. The molecule has 9 heteroatoms. The van der Waals surface area contributed by atoms with Crippen LogP contribution in [-0.2, 0) is 28.0 Å². The number of halogens is 1. The second-order valence-electron chi connectivity index (χ2n) is 12.0. The number of nitrogens with one attached hydrogen (secondary N) is 2. The van der Waals surface area contributed by atoms with Crippen molar-refractivity contribution in [1.29, 1.82) is 0 Å². The number of nitrogens with two attached hydrogens (primary N) is 1. The van der Waals surface area contributed by atoms with Crippen molar-refractivity contribution < 1.29 is 23.8 Å². The van der Waals surface area contributed by atoms with Crippen LogP contribution in [0.3, 0.4) is 0 Å². The van der Waals surface area contributed by atoms with Gasteiger partial charge in [0.1, 0.15) is 5.82 Å². The van der Waals surface area contributed by atoms with E-state index >= 15 is 4.39 Å². The number of aryl methyl sites for hydroxylation is 1. The number of aromatic nitrogens is 1. The number of benzene rings is 3. The van der Waals surface area contributed by atoms with Crippen LogP contribution in [0.25, 0.3) is 22.0 Å². The summed E-state index contributed by atoms with van der Waals surface area (Å²) in [6.45, 7) is 3.14. The Kier molecular flexibility index (Phi) is 10.2. The average Bonchev–Trinajstić information content (AvgIpc) is 3.48. The van der Waals surface area contributed by atoms with Gasteiger partial charge in [-0.25, -0.2) is 9.18 Å². The van der Waals surface area contributed by atoms with E-state index in [4.69, 9.17) is 10.5 Å². The van der Waals surface area contributed by atoms with E-state index in [-0.39, 0.29) is 31.3 Å². The predicted molar refractivity (Wildman–Crippen MR) is 174 cm³/mol. The molecule has 238 valence electrons. The van der Waals surface area contributed by atoms with Crippen LogP contribution < -0.4 is 11.1 Å². The quantitative estimate of drug-likeness (QED) is 0.162. The molecule has 1 aliphatic heterocycles. The third kappa shape index (κ3) is 7.05. The van der Waals surface area contributed by atoms with Gasteiger partial charge in [0.25, 0.3) is 0 Å². The molecule has 0 radical (unpaired) electrons. The number of hydrogen-bond donors (Lipinski definition) is 4. The topological polar surface area (TPSA) is 121 Å². The van der Waals surface area contributed by atoms with Gasteiger partial charge in [0, 0.05) is 48.2 Å². The van der Waals surface area contributed by atoms with Gasteiger partial charge in [0.15, 0.2) is 0 Å². The molecule has 0 spiro atoms. The van der Waals surface area contributed by atoms with Crippen LogP contribution in [0, 0.1) is 11.7 Å². The standard InChI is InChI=1S/C36H43FN4O4/c1-3-24-10-6-11-25(20-24)33-29(14-7-15-30(33)37)36(44,17-9-18-39-35(43)45-2)27-12-8-19-41(23-27)34(42)31(38)21-26-22-40-32-16-5-4-13-28(26)32/h4-7,10-11,13-16,20,22,27,31,40,44H,3,8-9,12,17-19,21,23,38H2,1-2H3,(H,39,43)/t27?,31-,36?/m0/s1. The minimum absolute atomic E-state index is 0.171. The lowest BCUT2D eigenvalue weighted by Gasteiger charge is -2.44. The smallest absolute Gasteiger partial charge is 0.406 e. The molecule has 0 bridgehead atoms. The summed E-state index contributed by atoms with van der Waals surface area (Å²) in [5.74, 6) is -0.977. The summed E-state index contributed by atoms with van der Waals surface area (Å²) < 4.78 is 20.4. The van der Waals surface area contributed by atoms with Gasteiger partial charge in [0.05, 0.1) is 18.8 Å². The number of rotatable bonds is 11. The zero-order valence-corrected chi connectivity index (χ0v) is 26.0. The summed E-state index contributed by atoms with van der Waals surface area (Å²) in [4.78, 5) is 30.5. The Hall–Kier alpha value is -4.21. The van der Waals surface area contributed by atoms with Crippen LogP contribution in [0.2, 0.25) is 0 Å². The number of piperidine rings is 1. The number of ether oxygens (including phenoxy) is 1. The molecule has 0 aliphatic carbocycles. The van der Waals surface area contributed by atoms with E-state index in [0.717, 1.165) is 28.5 Å². The van der Waals surface area contributed by atoms with Gasteiger partial charge < -0.3 is 30.8 Å². The first-order valence-electron chi connectivity index (χ1n) is 15.8. The molecule has 4 aromatic rings. The molecular formula is C36H43FN4O4. The van der Waals surface area contributed by atoms with Gasteiger partial charge in [-0.2, -0.15) is 0 Å². The van der Waals surface area contributed by atoms with Crippen LogP contribution in [0.5, 0.6) is 0 Å². The maximum Gasteiger partial charge on any atom is 0.406 e. The first kappa shape index (κ1) is 32.2. The lowest BCUT2D eigenvalue weighted by molar-refractivity contribution is -0.138. The van der Waals surface area contributed by atoms with Crippen LogP contribution in [0.15, 0.2) is 72.9 Å². The number of methoxy groups -OCH3 is 1. The van der Waals surface area contributed by atoms with Crippen molar-refractivity contribution in [3.8, 4) is 11.1 Å². The minimum Gasteiger partial charge on any atom is -0.453 e. The maximum absolute atomic E-state index is 15.7. The van der Waals surface area contributed by atoms with Gasteiger partial charge in [0.2, 0.25) is 5.91 Å². The van der Waals surface area contributed by atoms with E-state index in [1.165, 1.54) is 13.2 Å². The predicted octanol–water partition coefficient (Wildman–Crippen LogP) is 5.67. The highest BCUT2D eigenvalue weighted by molar-refractivity contribution is 5.86. The molecule has 1 saturated heterocycles. The Morgan fingerprint density at radius 1 is 1.18 bits per heavy atom. The Bertz CT molecular complexity index is 1640. The van der Waals surface area contributed by atoms with Gasteiger partial charge in [-0.3, -0.25) is 4.79 Å². The number of para-hydroxylation sites is 1. The number of aliphatic hydroxyl groups is 1. The fourth-order valence-electron chi connectivity index (χ4n) is 6.73. The molecule has 1 aliphatic rings. The molecule has 0 saturated carbocycles. The van der Waals surface area contributed by atoms with Crippen LogP contribution in [0.4, 0.5) is 9.18 Å². The van der Waals surface area contributed by atoms with E-state index in [1.807, 2.05) is 61.7 Å². The molecule has 2 heterocycles. The SMILES string of the molecule is CCc1cccc(-c2c(F)cccc2C(O)(CCCNC(=O)OC)C2CCCN(C(=O)[C@@H](N)Cc3c[nH]c4ccccc34)C2)c1. The number of alkyl carbamates (subject to hydrolysis) is 1. The van der Waals surface area contributed by atoms with Gasteiger partial charge in [-0.05, 0) is 72.9 Å². The number of carbonyl (C=O) groups is 2. The maximum atomic E-state index is 15.7. The number of amides is 2. The largest absolute Gasteiger partial charge is 0.453 e. The van der Waals surface area contributed by atoms with Crippen molar-refractivity contribution >= 4 is 22.9 Å². The summed E-state index contributed by atoms with van der Waals surface area (Å²) in [5.41, 5.74) is 9.59. The molecule has 1 aromatic heterocycles. The number of fused-ring (bicyclic) bond motifs is 1. The molecule has 8 nitrogen and oxygen atoms in total. The van der Waals surface area contributed by atoms with Crippen molar-refractivity contribution in [2.45, 2.75) is 57.1 Å². The van der Waals surface area contributed by atoms with Crippen molar-refractivity contribution in [1.82, 2.24) is 15.2 Å². The van der Waals surface area contributed by atoms with Crippen molar-refractivity contribution in [3.63, 3.8) is 0 Å².